The lowest BCUT2D eigenvalue weighted by Gasteiger charge is -2.34. The molecule has 1 aliphatic heterocycles. The molecule has 1 heterocycles. The summed E-state index contributed by atoms with van der Waals surface area (Å²) in [6, 6.07) is 8.96. The molecule has 0 bridgehead atoms. The molecule has 0 amide bonds. The van der Waals surface area contributed by atoms with E-state index in [0.717, 1.165) is 6.54 Å². The van der Waals surface area contributed by atoms with E-state index in [9.17, 15) is 0 Å². The summed E-state index contributed by atoms with van der Waals surface area (Å²) in [5.74, 6) is 0. The second-order valence-electron chi connectivity index (χ2n) is 6.93. The van der Waals surface area contributed by atoms with Gasteiger partial charge in [0, 0.05) is 17.6 Å². The van der Waals surface area contributed by atoms with Gasteiger partial charge in [-0.15, -0.1) is 0 Å². The van der Waals surface area contributed by atoms with Crippen LogP contribution in [-0.4, -0.2) is 16.0 Å². The van der Waals surface area contributed by atoms with Gasteiger partial charge in [-0.05, 0) is 50.7 Å². The number of fused-ring (bicyclic) bond motifs is 1. The van der Waals surface area contributed by atoms with Crippen LogP contribution in [0.5, 0.6) is 0 Å². The van der Waals surface area contributed by atoms with Gasteiger partial charge in [-0.3, -0.25) is 10.2 Å². The Labute approximate surface area is 109 Å². The highest BCUT2D eigenvalue weighted by Crippen LogP contribution is 2.50. The first-order valence-corrected chi connectivity index (χ1v) is 7.22. The van der Waals surface area contributed by atoms with Crippen molar-refractivity contribution in [2.45, 2.75) is 63.3 Å². The quantitative estimate of drug-likeness (QED) is 0.875. The SMILES string of the molecule is CC1(NC2c3ccccc3CN2C2(C)CC2)CC1. The first-order valence-electron chi connectivity index (χ1n) is 7.22. The molecule has 1 unspecified atom stereocenters. The molecule has 1 N–H and O–H groups in total. The molecule has 2 saturated carbocycles. The van der Waals surface area contributed by atoms with E-state index in [4.69, 9.17) is 0 Å². The van der Waals surface area contributed by atoms with Crippen molar-refractivity contribution in [3.63, 3.8) is 0 Å². The van der Waals surface area contributed by atoms with Crippen LogP contribution in [0.3, 0.4) is 0 Å². The Kier molecular flexibility index (Phi) is 2.06. The number of hydrogen-bond donors (Lipinski definition) is 1. The summed E-state index contributed by atoms with van der Waals surface area (Å²) in [6.07, 6.45) is 5.82. The van der Waals surface area contributed by atoms with Crippen LogP contribution in [0.4, 0.5) is 0 Å². The number of hydrogen-bond acceptors (Lipinski definition) is 2. The van der Waals surface area contributed by atoms with Gasteiger partial charge in [-0.2, -0.15) is 0 Å². The second kappa shape index (κ2) is 3.37. The molecule has 0 radical (unpaired) electrons. The minimum atomic E-state index is 0.394. The van der Waals surface area contributed by atoms with Crippen molar-refractivity contribution in [3.8, 4) is 0 Å². The third kappa shape index (κ3) is 1.63. The number of rotatable bonds is 3. The van der Waals surface area contributed by atoms with Gasteiger partial charge in [-0.1, -0.05) is 24.3 Å². The monoisotopic (exact) mass is 242 g/mol. The number of nitrogens with one attached hydrogen (secondary N) is 1. The van der Waals surface area contributed by atoms with Crippen molar-refractivity contribution in [3.05, 3.63) is 35.4 Å². The average Bonchev–Trinajstić information content (AvgIpc) is 3.24. The van der Waals surface area contributed by atoms with Crippen molar-refractivity contribution in [2.24, 2.45) is 0 Å². The fourth-order valence-electron chi connectivity index (χ4n) is 3.18. The number of benzene rings is 1. The molecule has 96 valence electrons. The largest absolute Gasteiger partial charge is 0.293 e. The van der Waals surface area contributed by atoms with Crippen LogP contribution < -0.4 is 5.32 Å². The highest BCUT2D eigenvalue weighted by molar-refractivity contribution is 5.35. The average molecular weight is 242 g/mol. The molecule has 2 heteroatoms. The van der Waals surface area contributed by atoms with Crippen LogP contribution in [0.1, 0.15) is 56.8 Å². The smallest absolute Gasteiger partial charge is 0.0875 e. The summed E-state index contributed by atoms with van der Waals surface area (Å²) < 4.78 is 0. The van der Waals surface area contributed by atoms with E-state index in [-0.39, 0.29) is 0 Å². The highest BCUT2D eigenvalue weighted by atomic mass is 15.4. The van der Waals surface area contributed by atoms with Crippen LogP contribution in [-0.2, 0) is 6.54 Å². The van der Waals surface area contributed by atoms with Crippen molar-refractivity contribution in [2.75, 3.05) is 0 Å². The fraction of sp³-hybridized carbons (Fsp3) is 0.625. The van der Waals surface area contributed by atoms with E-state index < -0.39 is 0 Å². The molecule has 0 saturated heterocycles. The zero-order valence-electron chi connectivity index (χ0n) is 11.4. The van der Waals surface area contributed by atoms with Crippen LogP contribution in [0.2, 0.25) is 0 Å². The molecule has 3 aliphatic rings. The minimum Gasteiger partial charge on any atom is -0.293 e. The van der Waals surface area contributed by atoms with E-state index in [1.807, 2.05) is 0 Å². The summed E-state index contributed by atoms with van der Waals surface area (Å²) in [7, 11) is 0. The maximum atomic E-state index is 3.91. The standard InChI is InChI=1S/C16H22N2/c1-15(7-8-15)17-14-13-6-4-3-5-12(13)11-18(14)16(2)9-10-16/h3-6,14,17H,7-11H2,1-2H3. The van der Waals surface area contributed by atoms with Gasteiger partial charge in [0.15, 0.2) is 0 Å². The zero-order valence-corrected chi connectivity index (χ0v) is 11.4. The van der Waals surface area contributed by atoms with Gasteiger partial charge in [0.05, 0.1) is 6.17 Å². The normalized spacial score (nSPS) is 31.1. The van der Waals surface area contributed by atoms with Crippen molar-refractivity contribution in [1.29, 1.82) is 0 Å². The fourth-order valence-corrected chi connectivity index (χ4v) is 3.18. The van der Waals surface area contributed by atoms with Gasteiger partial charge >= 0.3 is 0 Å². The zero-order chi connectivity index (χ0) is 12.4. The molecule has 0 spiro atoms. The van der Waals surface area contributed by atoms with Crippen molar-refractivity contribution in [1.82, 2.24) is 10.2 Å². The highest BCUT2D eigenvalue weighted by Gasteiger charge is 2.51. The topological polar surface area (TPSA) is 15.3 Å². The summed E-state index contributed by atoms with van der Waals surface area (Å²) in [5, 5.41) is 3.91. The van der Waals surface area contributed by atoms with E-state index in [1.165, 1.54) is 36.8 Å². The van der Waals surface area contributed by atoms with Crippen LogP contribution >= 0.6 is 0 Å². The lowest BCUT2D eigenvalue weighted by atomic mass is 10.1. The molecule has 1 aromatic carbocycles. The Morgan fingerprint density at radius 2 is 1.83 bits per heavy atom. The lowest BCUT2D eigenvalue weighted by molar-refractivity contribution is 0.104. The minimum absolute atomic E-state index is 0.394. The molecule has 0 aromatic heterocycles. The van der Waals surface area contributed by atoms with Gasteiger partial charge < -0.3 is 0 Å². The van der Waals surface area contributed by atoms with Crippen LogP contribution in [0, 0.1) is 0 Å². The molecule has 2 nitrogen and oxygen atoms in total. The Bertz CT molecular complexity index is 486. The molecule has 4 rings (SSSR count). The van der Waals surface area contributed by atoms with Gasteiger partial charge in [-0.25, -0.2) is 0 Å². The third-order valence-corrected chi connectivity index (χ3v) is 5.15. The molecule has 1 aromatic rings. The Balaban J connectivity index is 1.69. The van der Waals surface area contributed by atoms with Crippen molar-refractivity contribution < 1.29 is 0 Å². The second-order valence-corrected chi connectivity index (χ2v) is 6.93. The molecular formula is C16H22N2. The molecule has 18 heavy (non-hydrogen) atoms. The molecular weight excluding hydrogens is 220 g/mol. The summed E-state index contributed by atoms with van der Waals surface area (Å²) >= 11 is 0. The van der Waals surface area contributed by atoms with Gasteiger partial charge in [0.2, 0.25) is 0 Å². The Morgan fingerprint density at radius 3 is 2.50 bits per heavy atom. The summed E-state index contributed by atoms with van der Waals surface area (Å²) in [5.41, 5.74) is 3.87. The molecule has 2 aliphatic carbocycles. The van der Waals surface area contributed by atoms with Crippen LogP contribution in [0.25, 0.3) is 0 Å². The van der Waals surface area contributed by atoms with Crippen molar-refractivity contribution >= 4 is 0 Å². The Hall–Kier alpha value is -0.860. The van der Waals surface area contributed by atoms with Crippen LogP contribution in [0.15, 0.2) is 24.3 Å². The predicted molar refractivity (Wildman–Crippen MR) is 73.1 cm³/mol. The lowest BCUT2D eigenvalue weighted by Crippen LogP contribution is -2.44. The van der Waals surface area contributed by atoms with Gasteiger partial charge in [0.25, 0.3) is 0 Å². The molecule has 2 fully saturated rings. The summed E-state index contributed by atoms with van der Waals surface area (Å²) in [4.78, 5) is 2.70. The predicted octanol–water partition coefficient (Wildman–Crippen LogP) is 3.20. The third-order valence-electron chi connectivity index (χ3n) is 5.15. The van der Waals surface area contributed by atoms with E-state index in [2.05, 4.69) is 48.3 Å². The maximum absolute atomic E-state index is 3.91. The Morgan fingerprint density at radius 1 is 1.11 bits per heavy atom. The maximum Gasteiger partial charge on any atom is 0.0875 e. The first kappa shape index (κ1) is 11.0. The van der Waals surface area contributed by atoms with E-state index in [0.29, 0.717) is 17.2 Å². The first-order chi connectivity index (χ1) is 8.60. The van der Waals surface area contributed by atoms with E-state index >= 15 is 0 Å². The molecule has 1 atom stereocenters. The van der Waals surface area contributed by atoms with Gasteiger partial charge in [0.1, 0.15) is 0 Å². The number of nitrogens with zero attached hydrogens (tertiary/aromatic N) is 1. The summed E-state index contributed by atoms with van der Waals surface area (Å²) in [6.45, 7) is 5.91. The van der Waals surface area contributed by atoms with E-state index in [1.54, 1.807) is 0 Å².